The first-order chi connectivity index (χ1) is 8.74. The van der Waals surface area contributed by atoms with Crippen molar-refractivity contribution in [1.29, 1.82) is 0 Å². The van der Waals surface area contributed by atoms with Crippen LogP contribution in [0.3, 0.4) is 0 Å². The molecule has 1 unspecified atom stereocenters. The highest BCUT2D eigenvalue weighted by molar-refractivity contribution is 5.20. The molecule has 1 aromatic heterocycles. The molecule has 5 nitrogen and oxygen atoms in total. The Morgan fingerprint density at radius 2 is 2.11 bits per heavy atom. The van der Waals surface area contributed by atoms with Crippen molar-refractivity contribution >= 4 is 0 Å². The molecule has 1 aromatic carbocycles. The van der Waals surface area contributed by atoms with Gasteiger partial charge in [-0.05, 0) is 25.5 Å². The zero-order chi connectivity index (χ0) is 12.8. The first-order valence-corrected chi connectivity index (χ1v) is 5.91. The third-order valence-corrected chi connectivity index (χ3v) is 2.40. The van der Waals surface area contributed by atoms with Gasteiger partial charge in [0.25, 0.3) is 0 Å². The summed E-state index contributed by atoms with van der Waals surface area (Å²) < 4.78 is 10.5. The Balaban J connectivity index is 1.83. The Labute approximate surface area is 105 Å². The number of benzene rings is 1. The number of aryl methyl sites for hydroxylation is 1. The number of hydrogen-bond acceptors (Lipinski definition) is 5. The molecular formula is C13H16N2O3. The van der Waals surface area contributed by atoms with E-state index in [1.165, 1.54) is 0 Å². The highest BCUT2D eigenvalue weighted by Crippen LogP contribution is 2.10. The molecule has 0 saturated heterocycles. The van der Waals surface area contributed by atoms with Crippen molar-refractivity contribution < 1.29 is 14.4 Å². The van der Waals surface area contributed by atoms with Crippen molar-refractivity contribution in [3.63, 3.8) is 0 Å². The molecule has 0 fully saturated rings. The molecule has 5 heteroatoms. The first-order valence-electron chi connectivity index (χ1n) is 5.91. The van der Waals surface area contributed by atoms with Gasteiger partial charge in [0.1, 0.15) is 5.75 Å². The first kappa shape index (κ1) is 12.6. The number of ether oxygens (including phenoxy) is 1. The lowest BCUT2D eigenvalue weighted by molar-refractivity contribution is 0.180. The van der Waals surface area contributed by atoms with E-state index >= 15 is 0 Å². The highest BCUT2D eigenvalue weighted by atomic mass is 16.5. The van der Waals surface area contributed by atoms with E-state index in [4.69, 9.17) is 14.4 Å². The molecule has 0 aliphatic carbocycles. The molecule has 0 radical (unpaired) electrons. The van der Waals surface area contributed by atoms with Gasteiger partial charge in [-0.15, -0.1) is 0 Å². The predicted octanol–water partition coefficient (Wildman–Crippen LogP) is 1.96. The molecule has 2 rings (SSSR count). The quantitative estimate of drug-likeness (QED) is 0.846. The molecule has 0 spiro atoms. The Bertz CT molecular complexity index is 468. The van der Waals surface area contributed by atoms with Gasteiger partial charge < -0.3 is 14.4 Å². The maximum absolute atomic E-state index is 9.16. The van der Waals surface area contributed by atoms with Gasteiger partial charge in [0, 0.05) is 6.42 Å². The molecule has 0 saturated carbocycles. The Kier molecular flexibility index (Phi) is 4.30. The second-order valence-corrected chi connectivity index (χ2v) is 4.09. The van der Waals surface area contributed by atoms with Crippen LogP contribution in [0, 0.1) is 0 Å². The van der Waals surface area contributed by atoms with E-state index in [0.29, 0.717) is 24.6 Å². The van der Waals surface area contributed by atoms with Crippen LogP contribution in [-0.2, 0) is 13.0 Å². The Morgan fingerprint density at radius 3 is 2.83 bits per heavy atom. The molecule has 0 bridgehead atoms. The van der Waals surface area contributed by atoms with Gasteiger partial charge in [0.05, 0.1) is 6.10 Å². The summed E-state index contributed by atoms with van der Waals surface area (Å²) in [6.45, 7) is 2.01. The molecular weight excluding hydrogens is 232 g/mol. The van der Waals surface area contributed by atoms with Gasteiger partial charge in [-0.3, -0.25) is 0 Å². The molecule has 96 valence electrons. The van der Waals surface area contributed by atoms with Crippen LogP contribution in [-0.4, -0.2) is 21.4 Å². The number of aliphatic hydroxyl groups excluding tert-OH is 1. The third-order valence-electron chi connectivity index (χ3n) is 2.40. The number of hydrogen-bond donors (Lipinski definition) is 1. The van der Waals surface area contributed by atoms with Crippen LogP contribution in [0.15, 0.2) is 34.9 Å². The molecule has 1 atom stereocenters. The summed E-state index contributed by atoms with van der Waals surface area (Å²) in [7, 11) is 0. The molecule has 0 amide bonds. The smallest absolute Gasteiger partial charge is 0.226 e. The van der Waals surface area contributed by atoms with Crippen LogP contribution in [0.1, 0.15) is 25.1 Å². The summed E-state index contributed by atoms with van der Waals surface area (Å²) in [5.74, 6) is 1.81. The minimum atomic E-state index is -0.360. The lowest BCUT2D eigenvalue weighted by Crippen LogP contribution is -2.02. The normalized spacial score (nSPS) is 12.3. The molecule has 0 aliphatic rings. The van der Waals surface area contributed by atoms with Crippen LogP contribution < -0.4 is 4.74 Å². The van der Waals surface area contributed by atoms with Crippen molar-refractivity contribution in [3.8, 4) is 5.75 Å². The molecule has 1 N–H and O–H groups in total. The summed E-state index contributed by atoms with van der Waals surface area (Å²) in [4.78, 5) is 4.18. The second kappa shape index (κ2) is 6.16. The summed E-state index contributed by atoms with van der Waals surface area (Å²) in [6, 6.07) is 9.47. The van der Waals surface area contributed by atoms with Crippen molar-refractivity contribution in [2.45, 2.75) is 32.5 Å². The van der Waals surface area contributed by atoms with Crippen LogP contribution >= 0.6 is 0 Å². The number of aliphatic hydroxyl groups is 1. The fourth-order valence-corrected chi connectivity index (χ4v) is 1.45. The fraction of sp³-hybridized carbons (Fsp3) is 0.385. The number of aromatic nitrogens is 2. The topological polar surface area (TPSA) is 68.4 Å². The van der Waals surface area contributed by atoms with E-state index in [2.05, 4.69) is 10.1 Å². The maximum Gasteiger partial charge on any atom is 0.226 e. The minimum absolute atomic E-state index is 0.280. The standard InChI is InChI=1S/C13H16N2O3/c1-10(16)7-8-13-14-12(15-18-13)9-17-11-5-3-2-4-6-11/h2-6,10,16H,7-9H2,1H3. The van der Waals surface area contributed by atoms with Crippen LogP contribution in [0.25, 0.3) is 0 Å². The maximum atomic E-state index is 9.16. The van der Waals surface area contributed by atoms with Crippen molar-refractivity contribution in [1.82, 2.24) is 10.1 Å². The number of rotatable bonds is 6. The van der Waals surface area contributed by atoms with Gasteiger partial charge in [-0.2, -0.15) is 4.98 Å². The third kappa shape index (κ3) is 3.85. The lowest BCUT2D eigenvalue weighted by Gasteiger charge is -2.01. The van der Waals surface area contributed by atoms with Gasteiger partial charge in [0.15, 0.2) is 6.61 Å². The van der Waals surface area contributed by atoms with Crippen LogP contribution in [0.5, 0.6) is 5.75 Å². The predicted molar refractivity (Wildman–Crippen MR) is 65.1 cm³/mol. The Hall–Kier alpha value is -1.88. The monoisotopic (exact) mass is 248 g/mol. The van der Waals surface area contributed by atoms with Gasteiger partial charge in [-0.25, -0.2) is 0 Å². The van der Waals surface area contributed by atoms with E-state index in [1.807, 2.05) is 30.3 Å². The van der Waals surface area contributed by atoms with Gasteiger partial charge >= 0.3 is 0 Å². The summed E-state index contributed by atoms with van der Waals surface area (Å²) in [6.07, 6.45) is 0.831. The van der Waals surface area contributed by atoms with Crippen molar-refractivity contribution in [2.24, 2.45) is 0 Å². The SMILES string of the molecule is CC(O)CCc1nc(COc2ccccc2)no1. The number of para-hydroxylation sites is 1. The van der Waals surface area contributed by atoms with Gasteiger partial charge in [0.2, 0.25) is 11.7 Å². The highest BCUT2D eigenvalue weighted by Gasteiger charge is 2.08. The lowest BCUT2D eigenvalue weighted by atomic mass is 10.2. The van der Waals surface area contributed by atoms with E-state index in [9.17, 15) is 0 Å². The zero-order valence-electron chi connectivity index (χ0n) is 10.2. The molecule has 0 aliphatic heterocycles. The van der Waals surface area contributed by atoms with Crippen LogP contribution in [0.2, 0.25) is 0 Å². The summed E-state index contributed by atoms with van der Waals surface area (Å²) >= 11 is 0. The van der Waals surface area contributed by atoms with Gasteiger partial charge in [-0.1, -0.05) is 23.4 Å². The molecule has 1 heterocycles. The summed E-state index contributed by atoms with van der Waals surface area (Å²) in [5, 5.41) is 13.0. The summed E-state index contributed by atoms with van der Waals surface area (Å²) in [5.41, 5.74) is 0. The minimum Gasteiger partial charge on any atom is -0.485 e. The van der Waals surface area contributed by atoms with E-state index in [0.717, 1.165) is 5.75 Å². The second-order valence-electron chi connectivity index (χ2n) is 4.09. The van der Waals surface area contributed by atoms with Crippen molar-refractivity contribution in [2.75, 3.05) is 0 Å². The number of nitrogens with zero attached hydrogens (tertiary/aromatic N) is 2. The van der Waals surface area contributed by atoms with E-state index < -0.39 is 0 Å². The molecule has 18 heavy (non-hydrogen) atoms. The molecule has 2 aromatic rings. The van der Waals surface area contributed by atoms with Crippen LogP contribution in [0.4, 0.5) is 0 Å². The average Bonchev–Trinajstić information content (AvgIpc) is 2.83. The van der Waals surface area contributed by atoms with Crippen molar-refractivity contribution in [3.05, 3.63) is 42.0 Å². The Morgan fingerprint density at radius 1 is 1.33 bits per heavy atom. The zero-order valence-corrected chi connectivity index (χ0v) is 10.2. The van der Waals surface area contributed by atoms with E-state index in [-0.39, 0.29) is 12.7 Å². The largest absolute Gasteiger partial charge is 0.485 e. The van der Waals surface area contributed by atoms with E-state index in [1.54, 1.807) is 6.92 Å². The average molecular weight is 248 g/mol. The fourth-order valence-electron chi connectivity index (χ4n) is 1.45.